The maximum Gasteiger partial charge on any atom is 0.310 e. The molecule has 0 radical (unpaired) electrons. The number of nitriles is 1. The van der Waals surface area contributed by atoms with Gasteiger partial charge in [-0.05, 0) is 41.4 Å². The molecule has 0 saturated carbocycles. The van der Waals surface area contributed by atoms with Gasteiger partial charge in [-0.3, -0.25) is 4.79 Å². The minimum absolute atomic E-state index is 0.00218. The highest BCUT2D eigenvalue weighted by atomic mass is 79.9. The monoisotopic (exact) mass is 390 g/mol. The summed E-state index contributed by atoms with van der Waals surface area (Å²) in [5.74, 6) is -2.13. The van der Waals surface area contributed by atoms with Gasteiger partial charge in [0.1, 0.15) is 16.8 Å². The molecular formula is C13H12BrFN2O4S. The van der Waals surface area contributed by atoms with Gasteiger partial charge in [0.15, 0.2) is 0 Å². The predicted molar refractivity (Wildman–Crippen MR) is 77.9 cm³/mol. The zero-order valence-electron chi connectivity index (χ0n) is 11.5. The van der Waals surface area contributed by atoms with Gasteiger partial charge in [0.2, 0.25) is 10.0 Å². The number of carbonyl (C=O) groups is 1. The van der Waals surface area contributed by atoms with Gasteiger partial charge in [-0.1, -0.05) is 0 Å². The molecule has 0 amide bonds. The molecule has 0 aromatic heterocycles. The molecule has 2 rings (SSSR count). The van der Waals surface area contributed by atoms with Gasteiger partial charge in [0.25, 0.3) is 0 Å². The fourth-order valence-electron chi connectivity index (χ4n) is 2.25. The van der Waals surface area contributed by atoms with Crippen molar-refractivity contribution in [3.05, 3.63) is 28.0 Å². The van der Waals surface area contributed by atoms with E-state index in [1.807, 2.05) is 0 Å². The first-order valence-corrected chi connectivity index (χ1v) is 8.48. The molecule has 1 aliphatic heterocycles. The molecular weight excluding hydrogens is 379 g/mol. The molecule has 22 heavy (non-hydrogen) atoms. The lowest BCUT2D eigenvalue weighted by Gasteiger charge is -2.20. The number of hydrogen-bond donors (Lipinski definition) is 1. The summed E-state index contributed by atoms with van der Waals surface area (Å²) in [5, 5.41) is 18.0. The lowest BCUT2D eigenvalue weighted by Crippen LogP contribution is -2.35. The van der Waals surface area contributed by atoms with E-state index in [1.165, 1.54) is 6.92 Å². The minimum atomic E-state index is -4.17. The molecule has 1 aromatic carbocycles. The zero-order valence-corrected chi connectivity index (χ0v) is 13.9. The number of benzene rings is 1. The predicted octanol–water partition coefficient (Wildman–Crippen LogP) is 1.95. The second-order valence-corrected chi connectivity index (χ2v) is 8.09. The number of sulfonamides is 1. The fourth-order valence-corrected chi connectivity index (χ4v) is 4.47. The third-order valence-corrected chi connectivity index (χ3v) is 6.23. The van der Waals surface area contributed by atoms with Crippen LogP contribution in [0.5, 0.6) is 0 Å². The largest absolute Gasteiger partial charge is 0.481 e. The number of carboxylic acids is 1. The van der Waals surface area contributed by atoms with E-state index in [9.17, 15) is 17.6 Å². The summed E-state index contributed by atoms with van der Waals surface area (Å²) < 4.78 is 40.2. The standard InChI is InChI=1S/C13H12BrFN2O4S/c1-13(12(18)19)2-3-17(7-13)22(20,21)11-5-9(14)8(6-16)4-10(11)15/h4-5H,2-3,7H2,1H3,(H,18,19). The number of carboxylic acid groups (broad SMARTS) is 1. The van der Waals surface area contributed by atoms with Crippen molar-refractivity contribution >= 4 is 31.9 Å². The molecule has 1 N–H and O–H groups in total. The Morgan fingerprint density at radius 3 is 2.68 bits per heavy atom. The number of aliphatic carboxylic acids is 1. The summed E-state index contributed by atoms with van der Waals surface area (Å²) in [6.45, 7) is 1.24. The Balaban J connectivity index is 2.43. The Morgan fingerprint density at radius 1 is 1.55 bits per heavy atom. The third-order valence-electron chi connectivity index (χ3n) is 3.71. The fraction of sp³-hybridized carbons (Fsp3) is 0.385. The van der Waals surface area contributed by atoms with Crippen molar-refractivity contribution in [3.63, 3.8) is 0 Å². The van der Waals surface area contributed by atoms with E-state index in [-0.39, 0.29) is 29.5 Å². The van der Waals surface area contributed by atoms with E-state index in [0.717, 1.165) is 16.4 Å². The molecule has 0 spiro atoms. The first-order valence-electron chi connectivity index (χ1n) is 6.24. The van der Waals surface area contributed by atoms with Gasteiger partial charge < -0.3 is 5.11 Å². The highest BCUT2D eigenvalue weighted by Crippen LogP contribution is 2.35. The maximum absolute atomic E-state index is 14.0. The van der Waals surface area contributed by atoms with Crippen LogP contribution in [-0.4, -0.2) is 36.9 Å². The molecule has 1 fully saturated rings. The number of hydrogen-bond acceptors (Lipinski definition) is 4. The van der Waals surface area contributed by atoms with E-state index in [2.05, 4.69) is 15.9 Å². The third kappa shape index (κ3) is 2.74. The van der Waals surface area contributed by atoms with Gasteiger partial charge >= 0.3 is 5.97 Å². The summed E-state index contributed by atoms with van der Waals surface area (Å²) in [5.41, 5.74) is -1.21. The summed E-state index contributed by atoms with van der Waals surface area (Å²) in [4.78, 5) is 10.6. The van der Waals surface area contributed by atoms with Gasteiger partial charge in [-0.15, -0.1) is 0 Å². The van der Waals surface area contributed by atoms with Crippen LogP contribution in [0.25, 0.3) is 0 Å². The van der Waals surface area contributed by atoms with Crippen LogP contribution in [0.15, 0.2) is 21.5 Å². The molecule has 1 aromatic rings. The molecule has 1 saturated heterocycles. The van der Waals surface area contributed by atoms with Crippen molar-refractivity contribution in [1.82, 2.24) is 4.31 Å². The highest BCUT2D eigenvalue weighted by Gasteiger charge is 2.45. The summed E-state index contributed by atoms with van der Waals surface area (Å²) in [7, 11) is -4.17. The molecule has 0 bridgehead atoms. The lowest BCUT2D eigenvalue weighted by molar-refractivity contribution is -0.146. The van der Waals surface area contributed by atoms with Crippen LogP contribution in [0.1, 0.15) is 18.9 Å². The molecule has 6 nitrogen and oxygen atoms in total. The van der Waals surface area contributed by atoms with Crippen molar-refractivity contribution in [2.24, 2.45) is 5.41 Å². The smallest absolute Gasteiger partial charge is 0.310 e. The lowest BCUT2D eigenvalue weighted by atomic mass is 9.90. The molecule has 1 atom stereocenters. The minimum Gasteiger partial charge on any atom is -0.481 e. The first kappa shape index (κ1) is 16.9. The molecule has 118 valence electrons. The topological polar surface area (TPSA) is 98.5 Å². The van der Waals surface area contributed by atoms with Crippen molar-refractivity contribution in [1.29, 1.82) is 5.26 Å². The van der Waals surface area contributed by atoms with E-state index in [4.69, 9.17) is 10.4 Å². The SMILES string of the molecule is CC1(C(=O)O)CCN(S(=O)(=O)c2cc(Br)c(C#N)cc2F)C1. The van der Waals surface area contributed by atoms with Crippen LogP contribution < -0.4 is 0 Å². The Bertz CT molecular complexity index is 790. The van der Waals surface area contributed by atoms with Crippen LogP contribution in [-0.2, 0) is 14.8 Å². The van der Waals surface area contributed by atoms with Crippen molar-refractivity contribution in [2.75, 3.05) is 13.1 Å². The van der Waals surface area contributed by atoms with Crippen LogP contribution >= 0.6 is 15.9 Å². The number of halogens is 2. The normalized spacial score (nSPS) is 22.5. The van der Waals surface area contributed by atoms with Gasteiger partial charge in [-0.25, -0.2) is 12.8 Å². The van der Waals surface area contributed by atoms with E-state index in [0.29, 0.717) is 0 Å². The Hall–Kier alpha value is -1.50. The number of rotatable bonds is 3. The van der Waals surface area contributed by atoms with Gasteiger partial charge in [0, 0.05) is 17.6 Å². The van der Waals surface area contributed by atoms with Crippen molar-refractivity contribution < 1.29 is 22.7 Å². The molecule has 1 heterocycles. The van der Waals surface area contributed by atoms with Crippen LogP contribution in [0.3, 0.4) is 0 Å². The second kappa shape index (κ2) is 5.61. The van der Waals surface area contributed by atoms with E-state index in [1.54, 1.807) is 6.07 Å². The quantitative estimate of drug-likeness (QED) is 0.849. The van der Waals surface area contributed by atoms with Crippen LogP contribution in [0, 0.1) is 22.6 Å². The second-order valence-electron chi connectivity index (χ2n) is 5.33. The van der Waals surface area contributed by atoms with E-state index >= 15 is 0 Å². The van der Waals surface area contributed by atoms with Crippen molar-refractivity contribution in [3.8, 4) is 6.07 Å². The Morgan fingerprint density at radius 2 is 2.18 bits per heavy atom. The molecule has 0 aliphatic carbocycles. The van der Waals surface area contributed by atoms with Crippen molar-refractivity contribution in [2.45, 2.75) is 18.2 Å². The van der Waals surface area contributed by atoms with Gasteiger partial charge in [-0.2, -0.15) is 9.57 Å². The number of nitrogens with zero attached hydrogens (tertiary/aromatic N) is 2. The Kier molecular flexibility index (Phi) is 4.30. The highest BCUT2D eigenvalue weighted by molar-refractivity contribution is 9.10. The molecule has 1 unspecified atom stereocenters. The zero-order chi connectivity index (χ0) is 16.7. The van der Waals surface area contributed by atoms with E-state index < -0.39 is 32.1 Å². The van der Waals surface area contributed by atoms with Crippen LogP contribution in [0.4, 0.5) is 4.39 Å². The molecule has 1 aliphatic rings. The average molecular weight is 391 g/mol. The summed E-state index contributed by atoms with van der Waals surface area (Å²) in [6, 6.07) is 3.60. The Labute approximate surface area is 135 Å². The first-order chi connectivity index (χ1) is 10.1. The average Bonchev–Trinajstić information content (AvgIpc) is 2.85. The maximum atomic E-state index is 14.0. The molecule has 9 heteroatoms. The van der Waals surface area contributed by atoms with Crippen LogP contribution in [0.2, 0.25) is 0 Å². The summed E-state index contributed by atoms with van der Waals surface area (Å²) >= 11 is 3.02. The summed E-state index contributed by atoms with van der Waals surface area (Å²) in [6.07, 6.45) is 0.153. The van der Waals surface area contributed by atoms with Gasteiger partial charge in [0.05, 0.1) is 11.0 Å².